The molecule has 0 radical (unpaired) electrons. The van der Waals surface area contributed by atoms with Gasteiger partial charge in [0.05, 0.1) is 6.10 Å². The summed E-state index contributed by atoms with van der Waals surface area (Å²) in [5.74, 6) is 0.0464. The lowest BCUT2D eigenvalue weighted by molar-refractivity contribution is -0.118. The first kappa shape index (κ1) is 18.5. The molecule has 0 spiro atoms. The Labute approximate surface area is 161 Å². The second-order valence-corrected chi connectivity index (χ2v) is 8.05. The maximum atomic E-state index is 12.8. The second-order valence-electron chi connectivity index (χ2n) is 8.05. The monoisotopic (exact) mass is 370 g/mol. The third-order valence-corrected chi connectivity index (χ3v) is 6.13. The summed E-state index contributed by atoms with van der Waals surface area (Å²) in [4.78, 5) is 15.2. The Morgan fingerprint density at radius 2 is 2.04 bits per heavy atom. The topological polar surface area (TPSA) is 76.6 Å². The van der Waals surface area contributed by atoms with Gasteiger partial charge < -0.3 is 21.1 Å². The summed E-state index contributed by atoms with van der Waals surface area (Å²) in [6.07, 6.45) is 5.96. The molecule has 1 aromatic carbocycles. The molecular weight excluding hydrogens is 340 g/mol. The van der Waals surface area contributed by atoms with Crippen molar-refractivity contribution in [2.24, 2.45) is 0 Å². The number of rotatable bonds is 6. The van der Waals surface area contributed by atoms with Crippen molar-refractivity contribution >= 4 is 17.7 Å². The van der Waals surface area contributed by atoms with Gasteiger partial charge in [-0.05, 0) is 50.4 Å². The number of benzene rings is 1. The van der Waals surface area contributed by atoms with Crippen LogP contribution in [0, 0.1) is 0 Å². The number of aliphatic hydroxyl groups excluding tert-OH is 1. The molecule has 2 fully saturated rings. The van der Waals surface area contributed by atoms with Crippen molar-refractivity contribution in [3.8, 4) is 0 Å². The molecule has 4 rings (SSSR count). The lowest BCUT2D eigenvalue weighted by Gasteiger charge is -2.40. The van der Waals surface area contributed by atoms with Crippen molar-refractivity contribution < 1.29 is 9.90 Å². The van der Waals surface area contributed by atoms with Crippen LogP contribution in [0.4, 0.5) is 5.69 Å². The number of carbonyl (C=O) groups excluding carboxylic acids is 1. The molecule has 3 aliphatic rings. The predicted octanol–water partition coefficient (Wildman–Crippen LogP) is 1.19. The number of aliphatic hydroxyl groups is 1. The van der Waals surface area contributed by atoms with Gasteiger partial charge in [-0.3, -0.25) is 9.69 Å². The molecule has 146 valence electrons. The van der Waals surface area contributed by atoms with Crippen molar-refractivity contribution in [3.05, 3.63) is 35.4 Å². The van der Waals surface area contributed by atoms with Gasteiger partial charge in [-0.2, -0.15) is 0 Å². The summed E-state index contributed by atoms with van der Waals surface area (Å²) < 4.78 is 0. The number of likely N-dealkylation sites (N-methyl/N-ethyl adjacent to an activating group) is 1. The fraction of sp³-hybridized carbons (Fsp3) is 0.571. The Morgan fingerprint density at radius 3 is 2.78 bits per heavy atom. The number of nitrogens with zero attached hydrogens (tertiary/aromatic N) is 1. The Kier molecular flexibility index (Phi) is 5.48. The van der Waals surface area contributed by atoms with Crippen LogP contribution in [-0.4, -0.2) is 66.8 Å². The molecule has 2 unspecified atom stereocenters. The first-order valence-electron chi connectivity index (χ1n) is 10.1. The van der Waals surface area contributed by atoms with Gasteiger partial charge in [0.25, 0.3) is 0 Å². The Hall–Kier alpha value is -1.89. The van der Waals surface area contributed by atoms with Crippen LogP contribution in [0.3, 0.4) is 0 Å². The van der Waals surface area contributed by atoms with Gasteiger partial charge >= 0.3 is 0 Å². The van der Waals surface area contributed by atoms with Gasteiger partial charge in [0.2, 0.25) is 5.91 Å². The highest BCUT2D eigenvalue weighted by Gasteiger charge is 2.41. The molecule has 27 heavy (non-hydrogen) atoms. The van der Waals surface area contributed by atoms with E-state index in [1.165, 1.54) is 12.8 Å². The first-order valence-corrected chi connectivity index (χ1v) is 10.1. The smallest absolute Gasteiger partial charge is 0.249 e. The van der Waals surface area contributed by atoms with E-state index in [2.05, 4.69) is 20.9 Å². The van der Waals surface area contributed by atoms with E-state index in [1.54, 1.807) is 0 Å². The maximum Gasteiger partial charge on any atom is 0.249 e. The summed E-state index contributed by atoms with van der Waals surface area (Å²) in [5.41, 5.74) is 2.95. The number of para-hydroxylation sites is 1. The van der Waals surface area contributed by atoms with Crippen molar-refractivity contribution in [1.29, 1.82) is 0 Å². The molecular formula is C21H30N4O2. The maximum absolute atomic E-state index is 12.8. The highest BCUT2D eigenvalue weighted by atomic mass is 16.3. The van der Waals surface area contributed by atoms with Crippen LogP contribution >= 0.6 is 0 Å². The second kappa shape index (κ2) is 8.00. The third kappa shape index (κ3) is 4.03. The van der Waals surface area contributed by atoms with E-state index in [1.807, 2.05) is 37.4 Å². The van der Waals surface area contributed by atoms with E-state index >= 15 is 0 Å². The van der Waals surface area contributed by atoms with Gasteiger partial charge in [0, 0.05) is 49.0 Å². The quantitative estimate of drug-likeness (QED) is 0.605. The van der Waals surface area contributed by atoms with Crippen molar-refractivity contribution in [3.63, 3.8) is 0 Å². The minimum Gasteiger partial charge on any atom is -0.390 e. The SMILES string of the molecule is CNC[C@H](O)CN1C2CCC1CC(NC(=O)C1=Cc3ccccc3NC1)C2. The number of hydrogen-bond acceptors (Lipinski definition) is 5. The molecule has 1 amide bonds. The third-order valence-electron chi connectivity index (χ3n) is 6.13. The zero-order valence-corrected chi connectivity index (χ0v) is 15.9. The van der Waals surface area contributed by atoms with Crippen molar-refractivity contribution in [2.75, 3.05) is 32.0 Å². The molecule has 3 aliphatic heterocycles. The summed E-state index contributed by atoms with van der Waals surface area (Å²) in [7, 11) is 1.87. The lowest BCUT2D eigenvalue weighted by Crippen LogP contribution is -2.53. The Bertz CT molecular complexity index is 706. The summed E-state index contributed by atoms with van der Waals surface area (Å²) in [6, 6.07) is 9.24. The van der Waals surface area contributed by atoms with Crippen LogP contribution in [0.2, 0.25) is 0 Å². The Balaban J connectivity index is 1.35. The van der Waals surface area contributed by atoms with Crippen LogP contribution in [0.5, 0.6) is 0 Å². The molecule has 3 atom stereocenters. The first-order chi connectivity index (χ1) is 13.1. The molecule has 1 aromatic rings. The van der Waals surface area contributed by atoms with Crippen LogP contribution in [-0.2, 0) is 4.79 Å². The minimum atomic E-state index is -0.331. The molecule has 0 aromatic heterocycles. The van der Waals surface area contributed by atoms with Gasteiger partial charge in [-0.1, -0.05) is 18.2 Å². The minimum absolute atomic E-state index is 0.0464. The summed E-state index contributed by atoms with van der Waals surface area (Å²) in [5, 5.41) is 19.8. The van der Waals surface area contributed by atoms with Gasteiger partial charge in [0.1, 0.15) is 0 Å². The van der Waals surface area contributed by atoms with Crippen molar-refractivity contribution in [2.45, 2.75) is 49.9 Å². The number of carbonyl (C=O) groups is 1. The average Bonchev–Trinajstić information content (AvgIpc) is 2.89. The van der Waals surface area contributed by atoms with E-state index in [4.69, 9.17) is 0 Å². The lowest BCUT2D eigenvalue weighted by atomic mass is 9.96. The summed E-state index contributed by atoms with van der Waals surface area (Å²) >= 11 is 0. The van der Waals surface area contributed by atoms with E-state index in [9.17, 15) is 9.90 Å². The highest BCUT2D eigenvalue weighted by molar-refractivity contribution is 6.00. The number of anilines is 1. The molecule has 6 nitrogen and oxygen atoms in total. The normalized spacial score (nSPS) is 28.1. The van der Waals surface area contributed by atoms with Gasteiger partial charge in [-0.15, -0.1) is 0 Å². The number of fused-ring (bicyclic) bond motifs is 3. The molecule has 6 heteroatoms. The van der Waals surface area contributed by atoms with Crippen LogP contribution in [0.15, 0.2) is 29.8 Å². The van der Waals surface area contributed by atoms with E-state index in [0.717, 1.165) is 36.2 Å². The van der Waals surface area contributed by atoms with Crippen LogP contribution in [0.25, 0.3) is 6.08 Å². The van der Waals surface area contributed by atoms with E-state index in [-0.39, 0.29) is 18.1 Å². The largest absolute Gasteiger partial charge is 0.390 e. The summed E-state index contributed by atoms with van der Waals surface area (Å²) in [6.45, 7) is 1.92. The predicted molar refractivity (Wildman–Crippen MR) is 108 cm³/mol. The standard InChI is InChI=1S/C21H30N4O2/c1-22-12-19(26)13-25-17-6-7-18(25)10-16(9-17)24-21(27)15-8-14-4-2-3-5-20(14)23-11-15/h2-5,8,16-19,22-23,26H,6-7,9-13H2,1H3,(H,24,27)/t16?,17?,18?,19-/m0/s1. The number of amides is 1. The number of hydrogen-bond donors (Lipinski definition) is 4. The van der Waals surface area contributed by atoms with Gasteiger partial charge in [-0.25, -0.2) is 0 Å². The average molecular weight is 370 g/mol. The van der Waals surface area contributed by atoms with E-state index in [0.29, 0.717) is 25.2 Å². The van der Waals surface area contributed by atoms with Crippen molar-refractivity contribution in [1.82, 2.24) is 15.5 Å². The zero-order valence-electron chi connectivity index (χ0n) is 15.9. The molecule has 4 N–H and O–H groups in total. The molecule has 2 bridgehead atoms. The van der Waals surface area contributed by atoms with E-state index < -0.39 is 0 Å². The zero-order chi connectivity index (χ0) is 18.8. The fourth-order valence-electron chi connectivity index (χ4n) is 4.87. The molecule has 2 saturated heterocycles. The number of nitrogens with one attached hydrogen (secondary N) is 3. The van der Waals surface area contributed by atoms with Crippen LogP contribution < -0.4 is 16.0 Å². The fourth-order valence-corrected chi connectivity index (χ4v) is 4.87. The molecule has 0 saturated carbocycles. The molecule has 0 aliphatic carbocycles. The van der Waals surface area contributed by atoms with Crippen LogP contribution in [0.1, 0.15) is 31.2 Å². The Morgan fingerprint density at radius 1 is 1.30 bits per heavy atom. The van der Waals surface area contributed by atoms with Gasteiger partial charge in [0.15, 0.2) is 0 Å². The highest BCUT2D eigenvalue weighted by Crippen LogP contribution is 2.36. The molecule has 3 heterocycles. The number of piperidine rings is 1.